The van der Waals surface area contributed by atoms with Gasteiger partial charge in [0, 0.05) is 31.4 Å². The van der Waals surface area contributed by atoms with E-state index in [2.05, 4.69) is 78.7 Å². The molecule has 0 radical (unpaired) electrons. The van der Waals surface area contributed by atoms with E-state index in [1.807, 2.05) is 0 Å². The molecule has 1 aliphatic heterocycles. The predicted octanol–water partition coefficient (Wildman–Crippen LogP) is 4.21. The van der Waals surface area contributed by atoms with Gasteiger partial charge in [0.15, 0.2) is 0 Å². The Morgan fingerprint density at radius 1 is 1.09 bits per heavy atom. The Bertz CT molecular complexity index is 594. The standard InChI is InChI=1S/C20H26N2/c1-3-16(2)19-15-22(14-17-9-5-4-6-10-17)20-12-8-7-11-18(20)13-21-19/h4-12,16,19,21H,3,13-15H2,1-2H3. The number of benzene rings is 2. The van der Waals surface area contributed by atoms with Gasteiger partial charge in [0.25, 0.3) is 0 Å². The quantitative estimate of drug-likeness (QED) is 0.908. The van der Waals surface area contributed by atoms with Crippen LogP contribution in [-0.2, 0) is 13.1 Å². The second kappa shape index (κ2) is 6.97. The first-order valence-corrected chi connectivity index (χ1v) is 8.38. The van der Waals surface area contributed by atoms with Crippen LogP contribution in [0.3, 0.4) is 0 Å². The molecule has 2 aromatic carbocycles. The van der Waals surface area contributed by atoms with Gasteiger partial charge in [0.1, 0.15) is 0 Å². The molecule has 0 saturated carbocycles. The Balaban J connectivity index is 1.88. The highest BCUT2D eigenvalue weighted by molar-refractivity contribution is 5.55. The largest absolute Gasteiger partial charge is 0.365 e. The van der Waals surface area contributed by atoms with Crippen LogP contribution in [0, 0.1) is 5.92 Å². The van der Waals surface area contributed by atoms with Gasteiger partial charge in [0.2, 0.25) is 0 Å². The second-order valence-corrected chi connectivity index (χ2v) is 6.37. The second-order valence-electron chi connectivity index (χ2n) is 6.37. The number of hydrogen-bond acceptors (Lipinski definition) is 2. The number of nitrogens with zero attached hydrogens (tertiary/aromatic N) is 1. The maximum absolute atomic E-state index is 3.76. The molecule has 2 atom stereocenters. The maximum atomic E-state index is 3.76. The number of fused-ring (bicyclic) bond motifs is 1. The average Bonchev–Trinajstić information content (AvgIpc) is 2.75. The maximum Gasteiger partial charge on any atom is 0.0430 e. The topological polar surface area (TPSA) is 15.3 Å². The summed E-state index contributed by atoms with van der Waals surface area (Å²) in [7, 11) is 0. The van der Waals surface area contributed by atoms with Crippen LogP contribution in [0.4, 0.5) is 5.69 Å². The van der Waals surface area contributed by atoms with Crippen molar-refractivity contribution in [1.82, 2.24) is 5.32 Å². The molecule has 0 fully saturated rings. The molecule has 3 rings (SSSR count). The lowest BCUT2D eigenvalue weighted by Crippen LogP contribution is -2.42. The third kappa shape index (κ3) is 3.33. The van der Waals surface area contributed by atoms with E-state index in [9.17, 15) is 0 Å². The molecule has 2 nitrogen and oxygen atoms in total. The fraction of sp³-hybridized carbons (Fsp3) is 0.400. The van der Waals surface area contributed by atoms with Crippen LogP contribution in [0.25, 0.3) is 0 Å². The van der Waals surface area contributed by atoms with Gasteiger partial charge in [-0.2, -0.15) is 0 Å². The lowest BCUT2D eigenvalue weighted by atomic mass is 9.98. The summed E-state index contributed by atoms with van der Waals surface area (Å²) in [6.45, 7) is 7.66. The molecule has 116 valence electrons. The van der Waals surface area contributed by atoms with Crippen LogP contribution in [-0.4, -0.2) is 12.6 Å². The minimum absolute atomic E-state index is 0.543. The summed E-state index contributed by atoms with van der Waals surface area (Å²) in [6, 6.07) is 20.1. The summed E-state index contributed by atoms with van der Waals surface area (Å²) >= 11 is 0. The summed E-state index contributed by atoms with van der Waals surface area (Å²) in [4.78, 5) is 2.54. The number of nitrogens with one attached hydrogen (secondary N) is 1. The van der Waals surface area contributed by atoms with E-state index in [0.717, 1.165) is 19.6 Å². The summed E-state index contributed by atoms with van der Waals surface area (Å²) in [6.07, 6.45) is 1.22. The van der Waals surface area contributed by atoms with E-state index in [-0.39, 0.29) is 0 Å². The molecule has 22 heavy (non-hydrogen) atoms. The zero-order chi connectivity index (χ0) is 15.4. The van der Waals surface area contributed by atoms with Crippen molar-refractivity contribution in [2.45, 2.75) is 39.4 Å². The molecule has 2 heteroatoms. The Hall–Kier alpha value is -1.80. The Labute approximate surface area is 134 Å². The van der Waals surface area contributed by atoms with Gasteiger partial charge < -0.3 is 10.2 Å². The van der Waals surface area contributed by atoms with E-state index in [0.29, 0.717) is 12.0 Å². The minimum Gasteiger partial charge on any atom is -0.365 e. The van der Waals surface area contributed by atoms with Crippen LogP contribution >= 0.6 is 0 Å². The van der Waals surface area contributed by atoms with Gasteiger partial charge in [-0.15, -0.1) is 0 Å². The van der Waals surface area contributed by atoms with Gasteiger partial charge in [-0.25, -0.2) is 0 Å². The fourth-order valence-electron chi connectivity index (χ4n) is 3.23. The van der Waals surface area contributed by atoms with Crippen LogP contribution in [0.2, 0.25) is 0 Å². The molecule has 1 N–H and O–H groups in total. The molecule has 0 aliphatic carbocycles. The zero-order valence-electron chi connectivity index (χ0n) is 13.6. The molecule has 1 aliphatic rings. The van der Waals surface area contributed by atoms with Gasteiger partial charge in [-0.05, 0) is 23.1 Å². The first-order chi connectivity index (χ1) is 10.8. The van der Waals surface area contributed by atoms with E-state index in [4.69, 9.17) is 0 Å². The van der Waals surface area contributed by atoms with Crippen molar-refractivity contribution in [3.05, 3.63) is 65.7 Å². The number of anilines is 1. The Morgan fingerprint density at radius 2 is 1.82 bits per heavy atom. The highest BCUT2D eigenvalue weighted by atomic mass is 15.2. The first kappa shape index (κ1) is 15.1. The third-order valence-corrected chi connectivity index (χ3v) is 4.85. The molecule has 0 spiro atoms. The summed E-state index contributed by atoms with van der Waals surface area (Å²) in [5.74, 6) is 0.688. The van der Waals surface area contributed by atoms with E-state index < -0.39 is 0 Å². The van der Waals surface area contributed by atoms with Crippen molar-refractivity contribution in [3.63, 3.8) is 0 Å². The lowest BCUT2D eigenvalue weighted by Gasteiger charge is -2.30. The van der Waals surface area contributed by atoms with E-state index >= 15 is 0 Å². The molecule has 0 saturated heterocycles. The molecule has 0 amide bonds. The van der Waals surface area contributed by atoms with Crippen LogP contribution in [0.5, 0.6) is 0 Å². The normalized spacial score (nSPS) is 19.4. The van der Waals surface area contributed by atoms with Gasteiger partial charge in [-0.1, -0.05) is 68.8 Å². The van der Waals surface area contributed by atoms with E-state index in [1.54, 1.807) is 0 Å². The van der Waals surface area contributed by atoms with Crippen LogP contribution in [0.15, 0.2) is 54.6 Å². The highest BCUT2D eigenvalue weighted by Gasteiger charge is 2.24. The first-order valence-electron chi connectivity index (χ1n) is 8.38. The van der Waals surface area contributed by atoms with Crippen molar-refractivity contribution >= 4 is 5.69 Å². The van der Waals surface area contributed by atoms with Gasteiger partial charge in [-0.3, -0.25) is 0 Å². The molecular weight excluding hydrogens is 268 g/mol. The summed E-state index contributed by atoms with van der Waals surface area (Å²) in [5, 5.41) is 3.76. The van der Waals surface area contributed by atoms with Crippen molar-refractivity contribution in [2.24, 2.45) is 5.92 Å². The van der Waals surface area contributed by atoms with Gasteiger partial charge in [0.05, 0.1) is 0 Å². The van der Waals surface area contributed by atoms with E-state index in [1.165, 1.54) is 23.2 Å². The number of rotatable bonds is 4. The van der Waals surface area contributed by atoms with Gasteiger partial charge >= 0.3 is 0 Å². The molecule has 0 bridgehead atoms. The lowest BCUT2D eigenvalue weighted by molar-refractivity contribution is 0.370. The number of para-hydroxylation sites is 1. The Kier molecular flexibility index (Phi) is 4.79. The molecule has 1 heterocycles. The van der Waals surface area contributed by atoms with Crippen molar-refractivity contribution in [2.75, 3.05) is 11.4 Å². The third-order valence-electron chi connectivity index (χ3n) is 4.85. The highest BCUT2D eigenvalue weighted by Crippen LogP contribution is 2.27. The average molecular weight is 294 g/mol. The Morgan fingerprint density at radius 3 is 2.59 bits per heavy atom. The monoisotopic (exact) mass is 294 g/mol. The van der Waals surface area contributed by atoms with Crippen molar-refractivity contribution in [3.8, 4) is 0 Å². The zero-order valence-corrected chi connectivity index (χ0v) is 13.6. The summed E-state index contributed by atoms with van der Waals surface area (Å²) in [5.41, 5.74) is 4.16. The number of hydrogen-bond donors (Lipinski definition) is 1. The molecular formula is C20H26N2. The molecule has 2 unspecified atom stereocenters. The van der Waals surface area contributed by atoms with Crippen molar-refractivity contribution < 1.29 is 0 Å². The minimum atomic E-state index is 0.543. The summed E-state index contributed by atoms with van der Waals surface area (Å²) < 4.78 is 0. The van der Waals surface area contributed by atoms with Crippen molar-refractivity contribution in [1.29, 1.82) is 0 Å². The smallest absolute Gasteiger partial charge is 0.0430 e. The van der Waals surface area contributed by atoms with Crippen LogP contribution in [0.1, 0.15) is 31.4 Å². The predicted molar refractivity (Wildman–Crippen MR) is 94.0 cm³/mol. The molecule has 2 aromatic rings. The fourth-order valence-corrected chi connectivity index (χ4v) is 3.23. The SMILES string of the molecule is CCC(C)C1CN(Cc2ccccc2)c2ccccc2CN1. The van der Waals surface area contributed by atoms with Crippen LogP contribution < -0.4 is 10.2 Å². The molecule has 0 aromatic heterocycles.